The zero-order valence-electron chi connectivity index (χ0n) is 13.7. The number of nitrogens with one attached hydrogen (secondary N) is 1. The van der Waals surface area contributed by atoms with Gasteiger partial charge in [0.2, 0.25) is 0 Å². The Kier molecular flexibility index (Phi) is 6.15. The molecule has 24 heavy (non-hydrogen) atoms. The van der Waals surface area contributed by atoms with Crippen molar-refractivity contribution in [2.45, 2.75) is 11.8 Å². The number of hydrogen-bond acceptors (Lipinski definition) is 3. The van der Waals surface area contributed by atoms with Crippen molar-refractivity contribution < 1.29 is 9.59 Å². The molecule has 0 heterocycles. The van der Waals surface area contributed by atoms with Gasteiger partial charge in [-0.1, -0.05) is 24.8 Å². The van der Waals surface area contributed by atoms with Crippen molar-refractivity contribution in [3.63, 3.8) is 0 Å². The van der Waals surface area contributed by atoms with Crippen molar-refractivity contribution in [1.29, 1.82) is 0 Å². The summed E-state index contributed by atoms with van der Waals surface area (Å²) in [6, 6.07) is 14.8. The Morgan fingerprint density at radius 3 is 2.21 bits per heavy atom. The molecule has 1 amide bonds. The molecule has 4 heteroatoms. The van der Waals surface area contributed by atoms with Gasteiger partial charge in [0, 0.05) is 21.7 Å². The molecule has 3 nitrogen and oxygen atoms in total. The van der Waals surface area contributed by atoms with Crippen LogP contribution in [0, 0.1) is 0 Å². The number of ketones is 1. The molecular formula is C20H19NO2S. The summed E-state index contributed by atoms with van der Waals surface area (Å²) in [4.78, 5) is 24.9. The number of carbonyl (C=O) groups excluding carboxylic acids is 2. The van der Waals surface area contributed by atoms with Gasteiger partial charge in [0.1, 0.15) is 0 Å². The maximum absolute atomic E-state index is 12.2. The van der Waals surface area contributed by atoms with Gasteiger partial charge in [-0.05, 0) is 61.2 Å². The van der Waals surface area contributed by atoms with Gasteiger partial charge in [0.15, 0.2) is 5.78 Å². The first-order valence-electron chi connectivity index (χ1n) is 7.43. The SMILES string of the molecule is C=C(C)C(=O)Nc1ccc(C(=O)/C=C/c2ccc(SC)cc2)cc1. The summed E-state index contributed by atoms with van der Waals surface area (Å²) in [6.07, 6.45) is 5.37. The number of benzene rings is 2. The van der Waals surface area contributed by atoms with E-state index in [1.807, 2.05) is 30.5 Å². The van der Waals surface area contributed by atoms with Gasteiger partial charge in [-0.25, -0.2) is 0 Å². The fraction of sp³-hybridized carbons (Fsp3) is 0.100. The van der Waals surface area contributed by atoms with Crippen molar-refractivity contribution in [2.75, 3.05) is 11.6 Å². The number of hydrogen-bond donors (Lipinski definition) is 1. The average molecular weight is 337 g/mol. The van der Waals surface area contributed by atoms with Crippen LogP contribution in [-0.2, 0) is 4.79 Å². The van der Waals surface area contributed by atoms with Crippen LogP contribution in [0.3, 0.4) is 0 Å². The first kappa shape index (κ1) is 17.8. The molecule has 0 bridgehead atoms. The maximum atomic E-state index is 12.2. The molecule has 0 saturated heterocycles. The third-order valence-corrected chi connectivity index (χ3v) is 4.10. The van der Waals surface area contributed by atoms with E-state index in [1.54, 1.807) is 55.1 Å². The molecule has 0 aliphatic carbocycles. The van der Waals surface area contributed by atoms with Crippen LogP contribution in [0.25, 0.3) is 6.08 Å². The molecule has 0 atom stereocenters. The predicted octanol–water partition coefficient (Wildman–Crippen LogP) is 4.82. The van der Waals surface area contributed by atoms with Crippen LogP contribution in [0.2, 0.25) is 0 Å². The monoisotopic (exact) mass is 337 g/mol. The lowest BCUT2D eigenvalue weighted by atomic mass is 10.1. The van der Waals surface area contributed by atoms with Crippen molar-refractivity contribution in [2.24, 2.45) is 0 Å². The Hall–Kier alpha value is -2.59. The maximum Gasteiger partial charge on any atom is 0.250 e. The summed E-state index contributed by atoms with van der Waals surface area (Å²) in [5, 5.41) is 2.71. The minimum atomic E-state index is -0.234. The van der Waals surface area contributed by atoms with Gasteiger partial charge < -0.3 is 5.32 Å². The molecule has 0 spiro atoms. The van der Waals surface area contributed by atoms with Crippen LogP contribution in [0.15, 0.2) is 71.7 Å². The van der Waals surface area contributed by atoms with E-state index >= 15 is 0 Å². The minimum Gasteiger partial charge on any atom is -0.322 e. The molecule has 0 unspecified atom stereocenters. The molecule has 122 valence electrons. The van der Waals surface area contributed by atoms with E-state index in [0.717, 1.165) is 5.56 Å². The van der Waals surface area contributed by atoms with Gasteiger partial charge in [-0.3, -0.25) is 9.59 Å². The third kappa shape index (κ3) is 4.96. The first-order valence-corrected chi connectivity index (χ1v) is 8.65. The zero-order valence-corrected chi connectivity index (χ0v) is 14.5. The van der Waals surface area contributed by atoms with Gasteiger partial charge in [-0.15, -0.1) is 11.8 Å². The van der Waals surface area contributed by atoms with Gasteiger partial charge in [-0.2, -0.15) is 0 Å². The lowest BCUT2D eigenvalue weighted by Gasteiger charge is -2.05. The van der Waals surface area contributed by atoms with E-state index in [0.29, 0.717) is 16.8 Å². The molecule has 2 aromatic carbocycles. The highest BCUT2D eigenvalue weighted by Gasteiger charge is 2.05. The van der Waals surface area contributed by atoms with Crippen molar-refractivity contribution in [3.8, 4) is 0 Å². The molecule has 0 aliphatic rings. The van der Waals surface area contributed by atoms with Gasteiger partial charge in [0.25, 0.3) is 5.91 Å². The Balaban J connectivity index is 2.02. The minimum absolute atomic E-state index is 0.0817. The molecule has 0 aliphatic heterocycles. The summed E-state index contributed by atoms with van der Waals surface area (Å²) >= 11 is 1.68. The number of rotatable bonds is 6. The van der Waals surface area contributed by atoms with Crippen LogP contribution in [0.1, 0.15) is 22.8 Å². The van der Waals surface area contributed by atoms with Crippen molar-refractivity contribution >= 4 is 35.2 Å². The topological polar surface area (TPSA) is 46.2 Å². The molecule has 0 saturated carbocycles. The van der Waals surface area contributed by atoms with E-state index in [1.165, 1.54) is 4.90 Å². The van der Waals surface area contributed by atoms with Crippen LogP contribution in [-0.4, -0.2) is 17.9 Å². The summed E-state index contributed by atoms with van der Waals surface area (Å²) in [5.41, 5.74) is 2.62. The third-order valence-electron chi connectivity index (χ3n) is 3.36. The number of carbonyl (C=O) groups is 2. The Labute approximate surface area is 146 Å². The van der Waals surface area contributed by atoms with Gasteiger partial charge in [0.05, 0.1) is 0 Å². The summed E-state index contributed by atoms with van der Waals surface area (Å²) < 4.78 is 0. The summed E-state index contributed by atoms with van der Waals surface area (Å²) in [6.45, 7) is 5.23. The fourth-order valence-corrected chi connectivity index (χ4v) is 2.35. The van der Waals surface area contributed by atoms with Crippen LogP contribution < -0.4 is 5.32 Å². The zero-order chi connectivity index (χ0) is 17.5. The highest BCUT2D eigenvalue weighted by molar-refractivity contribution is 7.98. The molecule has 0 aromatic heterocycles. The Bertz CT molecular complexity index is 774. The quantitative estimate of drug-likeness (QED) is 0.467. The van der Waals surface area contributed by atoms with E-state index in [2.05, 4.69) is 11.9 Å². The first-order chi connectivity index (χ1) is 11.5. The number of thioether (sulfide) groups is 1. The van der Waals surface area contributed by atoms with E-state index in [9.17, 15) is 9.59 Å². The molecule has 1 N–H and O–H groups in total. The number of anilines is 1. The van der Waals surface area contributed by atoms with Crippen molar-refractivity contribution in [3.05, 3.63) is 77.9 Å². The van der Waals surface area contributed by atoms with Crippen molar-refractivity contribution in [1.82, 2.24) is 0 Å². The molecular weight excluding hydrogens is 318 g/mol. The summed E-state index contributed by atoms with van der Waals surface area (Å²) in [7, 11) is 0. The molecule has 0 fully saturated rings. The highest BCUT2D eigenvalue weighted by Crippen LogP contribution is 2.16. The number of allylic oxidation sites excluding steroid dienone is 1. The Morgan fingerprint density at radius 2 is 1.67 bits per heavy atom. The largest absolute Gasteiger partial charge is 0.322 e. The van der Waals surface area contributed by atoms with Crippen LogP contribution >= 0.6 is 11.8 Å². The number of amides is 1. The molecule has 2 aromatic rings. The second-order valence-electron chi connectivity index (χ2n) is 5.28. The smallest absolute Gasteiger partial charge is 0.250 e. The Morgan fingerprint density at radius 1 is 1.04 bits per heavy atom. The average Bonchev–Trinajstić information content (AvgIpc) is 2.60. The van der Waals surface area contributed by atoms with Gasteiger partial charge >= 0.3 is 0 Å². The predicted molar refractivity (Wildman–Crippen MR) is 101 cm³/mol. The standard InChI is InChI=1S/C20H19NO2S/c1-14(2)20(23)21-17-9-7-16(8-10-17)19(22)13-6-15-4-11-18(24-3)12-5-15/h4-13H,1H2,2-3H3,(H,21,23)/b13-6+. The van der Waals surface area contributed by atoms with E-state index < -0.39 is 0 Å². The normalized spacial score (nSPS) is 10.6. The fourth-order valence-electron chi connectivity index (χ4n) is 1.94. The summed E-state index contributed by atoms with van der Waals surface area (Å²) in [5.74, 6) is -0.315. The lowest BCUT2D eigenvalue weighted by Crippen LogP contribution is -2.11. The lowest BCUT2D eigenvalue weighted by molar-refractivity contribution is -0.112. The van der Waals surface area contributed by atoms with Crippen LogP contribution in [0.5, 0.6) is 0 Å². The van der Waals surface area contributed by atoms with Crippen LogP contribution in [0.4, 0.5) is 5.69 Å². The van der Waals surface area contributed by atoms with E-state index in [4.69, 9.17) is 0 Å². The second-order valence-corrected chi connectivity index (χ2v) is 6.16. The molecule has 2 rings (SSSR count). The van der Waals surface area contributed by atoms with E-state index in [-0.39, 0.29) is 11.7 Å². The highest BCUT2D eigenvalue weighted by atomic mass is 32.2. The molecule has 0 radical (unpaired) electrons. The second kappa shape index (κ2) is 8.31.